The van der Waals surface area contributed by atoms with Crippen LogP contribution in [0.25, 0.3) is 10.9 Å². The minimum absolute atomic E-state index is 0.133. The molecule has 2 atom stereocenters. The third-order valence-electron chi connectivity index (χ3n) is 4.03. The molecule has 0 spiro atoms. The molecule has 3 rings (SSSR count). The number of carbonyl (C=O) groups excluding carboxylic acids is 1. The number of alkyl carbamates (subject to hydrolysis) is 1. The first-order chi connectivity index (χ1) is 12.5. The van der Waals surface area contributed by atoms with Crippen molar-refractivity contribution >= 4 is 28.6 Å². The summed E-state index contributed by atoms with van der Waals surface area (Å²) in [5.74, 6) is 0. The standard InChI is InChI=1S/C19H19ClN2O4/c20-13-6-7-14-15(9-21-16(14)8-13)18(24)17(23)10-22-19(25)26-11-12-4-2-1-3-5-12/h1-9,17-18,21,23-24H,10-11H2,(H,22,25). The molecule has 4 N–H and O–H groups in total. The van der Waals surface area contributed by atoms with Crippen molar-refractivity contribution in [1.82, 2.24) is 10.3 Å². The largest absolute Gasteiger partial charge is 0.445 e. The third kappa shape index (κ3) is 4.35. The van der Waals surface area contributed by atoms with Gasteiger partial charge in [0.2, 0.25) is 0 Å². The summed E-state index contributed by atoms with van der Waals surface area (Å²) >= 11 is 5.94. The molecule has 26 heavy (non-hydrogen) atoms. The van der Waals surface area contributed by atoms with Gasteiger partial charge >= 0.3 is 6.09 Å². The number of aromatic amines is 1. The molecule has 1 heterocycles. The first-order valence-corrected chi connectivity index (χ1v) is 8.49. The van der Waals surface area contributed by atoms with Crippen molar-refractivity contribution in [2.75, 3.05) is 6.54 Å². The molecule has 0 aliphatic rings. The summed E-state index contributed by atoms with van der Waals surface area (Å²) in [6, 6.07) is 14.5. The van der Waals surface area contributed by atoms with E-state index in [4.69, 9.17) is 16.3 Å². The number of aliphatic hydroxyl groups excluding tert-OH is 2. The molecule has 0 bridgehead atoms. The molecule has 0 saturated heterocycles. The Morgan fingerprint density at radius 3 is 2.73 bits per heavy atom. The van der Waals surface area contributed by atoms with E-state index in [1.165, 1.54) is 0 Å². The van der Waals surface area contributed by atoms with Gasteiger partial charge in [-0.05, 0) is 17.7 Å². The lowest BCUT2D eigenvalue weighted by Gasteiger charge is -2.18. The molecule has 0 radical (unpaired) electrons. The van der Waals surface area contributed by atoms with E-state index in [-0.39, 0.29) is 13.2 Å². The Kier molecular flexibility index (Phi) is 5.78. The van der Waals surface area contributed by atoms with Gasteiger partial charge < -0.3 is 25.3 Å². The van der Waals surface area contributed by atoms with Gasteiger partial charge in [0.15, 0.2) is 0 Å². The number of carbonyl (C=O) groups is 1. The summed E-state index contributed by atoms with van der Waals surface area (Å²) in [5.41, 5.74) is 2.15. The van der Waals surface area contributed by atoms with E-state index < -0.39 is 18.3 Å². The number of hydrogen-bond donors (Lipinski definition) is 4. The van der Waals surface area contributed by atoms with Crippen LogP contribution in [0.15, 0.2) is 54.7 Å². The number of halogens is 1. The van der Waals surface area contributed by atoms with Crippen LogP contribution in [-0.2, 0) is 11.3 Å². The second-order valence-electron chi connectivity index (χ2n) is 5.89. The van der Waals surface area contributed by atoms with Crippen LogP contribution in [0.5, 0.6) is 0 Å². The highest BCUT2D eigenvalue weighted by Gasteiger charge is 2.22. The predicted octanol–water partition coefficient (Wildman–Crippen LogP) is 3.14. The van der Waals surface area contributed by atoms with E-state index in [0.717, 1.165) is 16.5 Å². The molecule has 2 unspecified atom stereocenters. The first kappa shape index (κ1) is 18.3. The lowest BCUT2D eigenvalue weighted by molar-refractivity contribution is 0.0192. The van der Waals surface area contributed by atoms with Gasteiger partial charge in [0.05, 0.1) is 0 Å². The molecule has 1 aromatic heterocycles. The number of nitrogens with one attached hydrogen (secondary N) is 2. The number of amides is 1. The summed E-state index contributed by atoms with van der Waals surface area (Å²) in [6.45, 7) is -0.0103. The maximum absolute atomic E-state index is 11.7. The summed E-state index contributed by atoms with van der Waals surface area (Å²) in [7, 11) is 0. The molecule has 136 valence electrons. The lowest BCUT2D eigenvalue weighted by atomic mass is 10.0. The van der Waals surface area contributed by atoms with Crippen molar-refractivity contribution in [3.8, 4) is 0 Å². The summed E-state index contributed by atoms with van der Waals surface area (Å²) in [6.07, 6.45) is -1.40. The Bertz CT molecular complexity index is 882. The van der Waals surface area contributed by atoms with Crippen LogP contribution in [0.4, 0.5) is 4.79 Å². The summed E-state index contributed by atoms with van der Waals surface area (Å²) < 4.78 is 5.07. The molecular weight excluding hydrogens is 356 g/mol. The van der Waals surface area contributed by atoms with Gasteiger partial charge in [-0.3, -0.25) is 0 Å². The van der Waals surface area contributed by atoms with E-state index in [9.17, 15) is 15.0 Å². The fourth-order valence-electron chi connectivity index (χ4n) is 2.65. The molecule has 0 aliphatic carbocycles. The van der Waals surface area contributed by atoms with Gasteiger partial charge in [-0.2, -0.15) is 0 Å². The monoisotopic (exact) mass is 374 g/mol. The number of hydrogen-bond acceptors (Lipinski definition) is 4. The molecule has 3 aromatic rings. The summed E-state index contributed by atoms with van der Waals surface area (Å²) in [5, 5.41) is 24.3. The van der Waals surface area contributed by atoms with Crippen LogP contribution in [-0.4, -0.2) is 33.9 Å². The van der Waals surface area contributed by atoms with Crippen LogP contribution in [0.3, 0.4) is 0 Å². The number of ether oxygens (including phenoxy) is 1. The SMILES string of the molecule is O=C(NCC(O)C(O)c1c[nH]c2cc(Cl)ccc12)OCc1ccccc1. The van der Waals surface area contributed by atoms with Crippen molar-refractivity contribution in [3.05, 3.63) is 70.9 Å². The molecule has 7 heteroatoms. The van der Waals surface area contributed by atoms with Gasteiger partial charge in [-0.1, -0.05) is 48.0 Å². The quantitative estimate of drug-likeness (QED) is 0.533. The first-order valence-electron chi connectivity index (χ1n) is 8.12. The smallest absolute Gasteiger partial charge is 0.407 e. The second-order valence-corrected chi connectivity index (χ2v) is 6.33. The van der Waals surface area contributed by atoms with Gasteiger partial charge in [-0.25, -0.2) is 4.79 Å². The van der Waals surface area contributed by atoms with Crippen LogP contribution in [0.2, 0.25) is 5.02 Å². The Hall–Kier alpha value is -2.54. The average Bonchev–Trinajstić information content (AvgIpc) is 3.07. The van der Waals surface area contributed by atoms with Gasteiger partial charge in [0.1, 0.15) is 18.8 Å². The normalized spacial score (nSPS) is 13.3. The van der Waals surface area contributed by atoms with Crippen LogP contribution >= 0.6 is 11.6 Å². The van der Waals surface area contributed by atoms with E-state index in [1.54, 1.807) is 24.4 Å². The van der Waals surface area contributed by atoms with Crippen molar-refractivity contribution in [2.45, 2.75) is 18.8 Å². The Morgan fingerprint density at radius 1 is 1.19 bits per heavy atom. The highest BCUT2D eigenvalue weighted by molar-refractivity contribution is 6.31. The molecular formula is C19H19ClN2O4. The highest BCUT2D eigenvalue weighted by atomic mass is 35.5. The van der Waals surface area contributed by atoms with Crippen molar-refractivity contribution in [2.24, 2.45) is 0 Å². The number of fused-ring (bicyclic) bond motifs is 1. The fourth-order valence-corrected chi connectivity index (χ4v) is 2.82. The molecule has 0 saturated carbocycles. The average molecular weight is 375 g/mol. The topological polar surface area (TPSA) is 94.6 Å². The summed E-state index contributed by atoms with van der Waals surface area (Å²) in [4.78, 5) is 14.7. The van der Waals surface area contributed by atoms with Crippen molar-refractivity contribution in [3.63, 3.8) is 0 Å². The number of benzene rings is 2. The zero-order valence-corrected chi connectivity index (χ0v) is 14.6. The number of rotatable bonds is 6. The Morgan fingerprint density at radius 2 is 1.96 bits per heavy atom. The van der Waals surface area contributed by atoms with E-state index in [1.807, 2.05) is 30.3 Å². The van der Waals surface area contributed by atoms with Crippen LogP contribution in [0, 0.1) is 0 Å². The second kappa shape index (κ2) is 8.23. The number of aliphatic hydroxyl groups is 2. The zero-order valence-electron chi connectivity index (χ0n) is 13.9. The van der Waals surface area contributed by atoms with E-state index >= 15 is 0 Å². The third-order valence-corrected chi connectivity index (χ3v) is 4.26. The predicted molar refractivity (Wildman–Crippen MR) is 98.9 cm³/mol. The van der Waals surface area contributed by atoms with Crippen molar-refractivity contribution in [1.29, 1.82) is 0 Å². The van der Waals surface area contributed by atoms with Crippen molar-refractivity contribution < 1.29 is 19.7 Å². The minimum atomic E-state index is -1.19. The maximum Gasteiger partial charge on any atom is 0.407 e. The van der Waals surface area contributed by atoms with E-state index in [0.29, 0.717) is 10.6 Å². The molecule has 0 fully saturated rings. The molecule has 0 aliphatic heterocycles. The Balaban J connectivity index is 1.53. The molecule has 1 amide bonds. The minimum Gasteiger partial charge on any atom is -0.445 e. The fraction of sp³-hybridized carbons (Fsp3) is 0.211. The lowest BCUT2D eigenvalue weighted by Crippen LogP contribution is -2.35. The molecule has 6 nitrogen and oxygen atoms in total. The van der Waals surface area contributed by atoms with Gasteiger partial charge in [0, 0.05) is 34.2 Å². The zero-order chi connectivity index (χ0) is 18.5. The van der Waals surface area contributed by atoms with Gasteiger partial charge in [-0.15, -0.1) is 0 Å². The van der Waals surface area contributed by atoms with Crippen LogP contribution in [0.1, 0.15) is 17.2 Å². The van der Waals surface area contributed by atoms with E-state index in [2.05, 4.69) is 10.3 Å². The van der Waals surface area contributed by atoms with Crippen LogP contribution < -0.4 is 5.32 Å². The van der Waals surface area contributed by atoms with Gasteiger partial charge in [0.25, 0.3) is 0 Å². The number of H-pyrrole nitrogens is 1. The Labute approximate surface area is 155 Å². The highest BCUT2D eigenvalue weighted by Crippen LogP contribution is 2.28. The molecule has 2 aromatic carbocycles. The maximum atomic E-state index is 11.7. The number of aromatic nitrogens is 1.